The van der Waals surface area contributed by atoms with Crippen LogP contribution in [-0.4, -0.2) is 0 Å². The van der Waals surface area contributed by atoms with E-state index >= 15 is 0 Å². The van der Waals surface area contributed by atoms with Crippen molar-refractivity contribution in [2.24, 2.45) is 0 Å². The van der Waals surface area contributed by atoms with Crippen LogP contribution in [0.25, 0.3) is 0 Å². The fraction of sp³-hybridized carbons (Fsp3) is 0. The number of nitrogens with two attached hydrogens (primary N) is 1. The number of hydrogen-bond acceptors (Lipinski definition) is 2. The van der Waals surface area contributed by atoms with Crippen LogP contribution in [0.4, 0.5) is 14.5 Å². The van der Waals surface area contributed by atoms with E-state index < -0.39 is 17.4 Å². The summed E-state index contributed by atoms with van der Waals surface area (Å²) in [5, 5.41) is 0.495. The smallest absolute Gasteiger partial charge is 0.203 e. The van der Waals surface area contributed by atoms with Crippen LogP contribution >= 0.6 is 39.1 Å². The Kier molecular flexibility index (Phi) is 4.18. The molecule has 19 heavy (non-hydrogen) atoms. The number of rotatable bonds is 2. The van der Waals surface area contributed by atoms with Crippen molar-refractivity contribution in [2.75, 3.05) is 5.73 Å². The molecule has 100 valence electrons. The Bertz CT molecular complexity index is 652. The van der Waals surface area contributed by atoms with E-state index in [-0.39, 0.29) is 16.5 Å². The largest absolute Gasteiger partial charge is 0.450 e. The summed E-state index contributed by atoms with van der Waals surface area (Å²) in [5.41, 5.74) is 5.49. The lowest BCUT2D eigenvalue weighted by atomic mass is 10.2. The average Bonchev–Trinajstić information content (AvgIpc) is 2.36. The van der Waals surface area contributed by atoms with Gasteiger partial charge in [0.05, 0.1) is 15.7 Å². The van der Waals surface area contributed by atoms with Gasteiger partial charge < -0.3 is 10.5 Å². The first-order chi connectivity index (χ1) is 8.90. The van der Waals surface area contributed by atoms with Gasteiger partial charge in [-0.3, -0.25) is 0 Å². The Morgan fingerprint density at radius 1 is 1.11 bits per heavy atom. The van der Waals surface area contributed by atoms with Gasteiger partial charge in [0.1, 0.15) is 5.75 Å². The number of hydrogen-bond donors (Lipinski definition) is 1. The van der Waals surface area contributed by atoms with Crippen LogP contribution < -0.4 is 10.5 Å². The Morgan fingerprint density at radius 3 is 2.47 bits per heavy atom. The van der Waals surface area contributed by atoms with Gasteiger partial charge in [-0.2, -0.15) is 4.39 Å². The first-order valence-corrected chi connectivity index (χ1v) is 6.51. The molecule has 0 unspecified atom stereocenters. The molecular weight excluding hydrogens is 363 g/mol. The van der Waals surface area contributed by atoms with Crippen molar-refractivity contribution < 1.29 is 13.5 Å². The van der Waals surface area contributed by atoms with E-state index in [1.807, 2.05) is 0 Å². The summed E-state index contributed by atoms with van der Waals surface area (Å²) in [7, 11) is 0. The second-order valence-corrected chi connectivity index (χ2v) is 5.25. The maximum atomic E-state index is 13.6. The fourth-order valence-corrected chi connectivity index (χ4v) is 2.17. The van der Waals surface area contributed by atoms with E-state index in [0.717, 1.165) is 6.07 Å². The molecule has 2 aromatic rings. The van der Waals surface area contributed by atoms with Crippen molar-refractivity contribution >= 4 is 44.8 Å². The Balaban J connectivity index is 2.48. The second kappa shape index (κ2) is 5.53. The molecule has 0 atom stereocenters. The highest BCUT2D eigenvalue weighted by Crippen LogP contribution is 2.39. The molecule has 0 aromatic heterocycles. The topological polar surface area (TPSA) is 35.2 Å². The van der Waals surface area contributed by atoms with Gasteiger partial charge in [0.25, 0.3) is 0 Å². The molecule has 0 heterocycles. The van der Waals surface area contributed by atoms with Crippen molar-refractivity contribution in [3.8, 4) is 11.5 Å². The monoisotopic (exact) mass is 367 g/mol. The predicted octanol–water partition coefficient (Wildman–Crippen LogP) is 5.41. The lowest BCUT2D eigenvalue weighted by Crippen LogP contribution is -1.98. The average molecular weight is 369 g/mol. The summed E-state index contributed by atoms with van der Waals surface area (Å²) in [6.45, 7) is 0. The first kappa shape index (κ1) is 14.4. The van der Waals surface area contributed by atoms with Gasteiger partial charge in [-0.1, -0.05) is 23.2 Å². The number of halogens is 5. The summed E-state index contributed by atoms with van der Waals surface area (Å²) in [6.07, 6.45) is 0. The third-order valence-corrected chi connectivity index (χ3v) is 3.76. The second-order valence-electron chi connectivity index (χ2n) is 3.58. The molecule has 0 saturated heterocycles. The van der Waals surface area contributed by atoms with Gasteiger partial charge in [-0.25, -0.2) is 4.39 Å². The lowest BCUT2D eigenvalue weighted by molar-refractivity contribution is 0.418. The van der Waals surface area contributed by atoms with E-state index in [0.29, 0.717) is 9.50 Å². The van der Waals surface area contributed by atoms with E-state index in [1.165, 1.54) is 18.2 Å². The maximum Gasteiger partial charge on any atom is 0.203 e. The zero-order chi connectivity index (χ0) is 14.2. The molecule has 0 fully saturated rings. The highest BCUT2D eigenvalue weighted by molar-refractivity contribution is 9.10. The van der Waals surface area contributed by atoms with Crippen molar-refractivity contribution in [1.29, 1.82) is 0 Å². The van der Waals surface area contributed by atoms with Crippen LogP contribution in [0.1, 0.15) is 0 Å². The minimum atomic E-state index is -1.19. The van der Waals surface area contributed by atoms with Crippen LogP contribution in [0.15, 0.2) is 28.7 Å². The summed E-state index contributed by atoms with van der Waals surface area (Å²) < 4.78 is 32.5. The standard InChI is InChI=1S/C12H6BrCl2F2NO/c13-5-3-7(15)10(4-6(5)14)19-12-9(18)2-1-8(16)11(12)17/h1-4H,18H2. The van der Waals surface area contributed by atoms with Crippen molar-refractivity contribution in [3.05, 3.63) is 50.4 Å². The zero-order valence-corrected chi connectivity index (χ0v) is 12.3. The van der Waals surface area contributed by atoms with Gasteiger partial charge in [-0.05, 0) is 34.1 Å². The number of benzene rings is 2. The van der Waals surface area contributed by atoms with Crippen LogP contribution in [0.5, 0.6) is 11.5 Å². The molecule has 7 heteroatoms. The molecule has 0 saturated carbocycles. The van der Waals surface area contributed by atoms with E-state index in [1.54, 1.807) is 0 Å². The highest BCUT2D eigenvalue weighted by Gasteiger charge is 2.16. The fourth-order valence-electron chi connectivity index (χ4n) is 1.34. The molecule has 2 nitrogen and oxygen atoms in total. The number of nitrogen functional groups attached to an aromatic ring is 1. The van der Waals surface area contributed by atoms with Crippen molar-refractivity contribution in [2.45, 2.75) is 0 Å². The highest BCUT2D eigenvalue weighted by atomic mass is 79.9. The zero-order valence-electron chi connectivity index (χ0n) is 9.18. The Morgan fingerprint density at radius 2 is 1.79 bits per heavy atom. The molecule has 0 aliphatic rings. The summed E-state index contributed by atoms with van der Waals surface area (Å²) >= 11 is 15.0. The summed E-state index contributed by atoms with van der Waals surface area (Å²) in [4.78, 5) is 0. The van der Waals surface area contributed by atoms with E-state index in [2.05, 4.69) is 15.9 Å². The predicted molar refractivity (Wildman–Crippen MR) is 75.0 cm³/mol. The lowest BCUT2D eigenvalue weighted by Gasteiger charge is -2.12. The molecule has 0 amide bonds. The van der Waals surface area contributed by atoms with Gasteiger partial charge in [0, 0.05) is 10.5 Å². The van der Waals surface area contributed by atoms with Crippen molar-refractivity contribution in [1.82, 2.24) is 0 Å². The Hall–Kier alpha value is -1.04. The summed E-state index contributed by atoms with van der Waals surface area (Å²) in [5.74, 6) is -2.61. The van der Waals surface area contributed by atoms with Crippen LogP contribution in [0.3, 0.4) is 0 Å². The maximum absolute atomic E-state index is 13.6. The van der Waals surface area contributed by atoms with Gasteiger partial charge >= 0.3 is 0 Å². The van der Waals surface area contributed by atoms with Gasteiger partial charge in [0.15, 0.2) is 11.6 Å². The summed E-state index contributed by atoms with van der Waals surface area (Å²) in [6, 6.07) is 4.96. The SMILES string of the molecule is Nc1ccc(F)c(F)c1Oc1cc(Cl)c(Br)cc1Cl. The minimum Gasteiger partial charge on any atom is -0.450 e. The number of anilines is 1. The van der Waals surface area contributed by atoms with Gasteiger partial charge in [-0.15, -0.1) is 0 Å². The van der Waals surface area contributed by atoms with E-state index in [4.69, 9.17) is 33.7 Å². The molecule has 2 rings (SSSR count). The quantitative estimate of drug-likeness (QED) is 0.568. The van der Waals surface area contributed by atoms with Crippen molar-refractivity contribution in [3.63, 3.8) is 0 Å². The molecule has 2 aromatic carbocycles. The molecule has 2 N–H and O–H groups in total. The molecule has 0 aliphatic carbocycles. The molecule has 0 radical (unpaired) electrons. The van der Waals surface area contributed by atoms with Crippen LogP contribution in [0, 0.1) is 11.6 Å². The van der Waals surface area contributed by atoms with Crippen LogP contribution in [-0.2, 0) is 0 Å². The molecular formula is C12H6BrCl2F2NO. The first-order valence-electron chi connectivity index (χ1n) is 4.96. The number of ether oxygens (including phenoxy) is 1. The van der Waals surface area contributed by atoms with E-state index in [9.17, 15) is 8.78 Å². The Labute approximate surface area is 126 Å². The minimum absolute atomic E-state index is 0.0472. The van der Waals surface area contributed by atoms with Crippen LogP contribution in [0.2, 0.25) is 10.0 Å². The third kappa shape index (κ3) is 2.94. The third-order valence-electron chi connectivity index (χ3n) is 2.27. The molecule has 0 aliphatic heterocycles. The molecule has 0 bridgehead atoms. The van der Waals surface area contributed by atoms with Gasteiger partial charge in [0.2, 0.25) is 5.82 Å². The normalized spacial score (nSPS) is 10.6. The molecule has 0 spiro atoms.